The SMILES string of the molecule is CCC#CC1=CC[C@H]2[C@@H]3CCC4=C(CCC(O)C4)[C@H]3CC[C@]12C. The van der Waals surface area contributed by atoms with Gasteiger partial charge in [0, 0.05) is 17.4 Å². The van der Waals surface area contributed by atoms with Crippen molar-refractivity contribution in [1.82, 2.24) is 0 Å². The predicted octanol–water partition coefficient (Wildman–Crippen LogP) is 5.01. The molecule has 0 aromatic rings. The lowest BCUT2D eigenvalue weighted by molar-refractivity contribution is 0.0518. The zero-order valence-corrected chi connectivity index (χ0v) is 14.7. The molecule has 0 saturated heterocycles. The summed E-state index contributed by atoms with van der Waals surface area (Å²) in [4.78, 5) is 0. The summed E-state index contributed by atoms with van der Waals surface area (Å²) < 4.78 is 0. The van der Waals surface area contributed by atoms with Crippen molar-refractivity contribution in [2.24, 2.45) is 23.2 Å². The van der Waals surface area contributed by atoms with Crippen LogP contribution in [-0.4, -0.2) is 11.2 Å². The molecule has 4 aliphatic rings. The molecular formula is C22H30O. The third-order valence-corrected chi connectivity index (χ3v) is 7.33. The first-order valence-corrected chi connectivity index (χ1v) is 9.72. The van der Waals surface area contributed by atoms with Crippen LogP contribution in [0.5, 0.6) is 0 Å². The Balaban J connectivity index is 1.60. The first kappa shape index (κ1) is 15.5. The first-order valence-electron chi connectivity index (χ1n) is 9.72. The van der Waals surface area contributed by atoms with Crippen LogP contribution < -0.4 is 0 Å². The number of hydrogen-bond donors (Lipinski definition) is 1. The van der Waals surface area contributed by atoms with Crippen molar-refractivity contribution in [3.63, 3.8) is 0 Å². The van der Waals surface area contributed by atoms with Crippen LogP contribution in [0, 0.1) is 35.0 Å². The van der Waals surface area contributed by atoms with Crippen molar-refractivity contribution in [2.45, 2.75) is 77.7 Å². The summed E-state index contributed by atoms with van der Waals surface area (Å²) in [6.07, 6.45) is 13.0. The van der Waals surface area contributed by atoms with Crippen molar-refractivity contribution < 1.29 is 5.11 Å². The third-order valence-electron chi connectivity index (χ3n) is 7.33. The number of aliphatic hydroxyl groups is 1. The van der Waals surface area contributed by atoms with Crippen molar-refractivity contribution in [1.29, 1.82) is 0 Å². The Labute approximate surface area is 141 Å². The van der Waals surface area contributed by atoms with Crippen LogP contribution in [-0.2, 0) is 0 Å². The summed E-state index contributed by atoms with van der Waals surface area (Å²) in [5, 5.41) is 9.99. The van der Waals surface area contributed by atoms with Crippen LogP contribution in [0.2, 0.25) is 0 Å². The smallest absolute Gasteiger partial charge is 0.0580 e. The lowest BCUT2D eigenvalue weighted by Gasteiger charge is -2.51. The maximum Gasteiger partial charge on any atom is 0.0580 e. The number of hydrogen-bond acceptors (Lipinski definition) is 1. The van der Waals surface area contributed by atoms with E-state index in [2.05, 4.69) is 31.8 Å². The number of fused-ring (bicyclic) bond motifs is 4. The lowest BCUT2D eigenvalue weighted by atomic mass is 9.53. The molecule has 23 heavy (non-hydrogen) atoms. The van der Waals surface area contributed by atoms with Crippen LogP contribution in [0.3, 0.4) is 0 Å². The predicted molar refractivity (Wildman–Crippen MR) is 94.7 cm³/mol. The molecule has 1 N–H and O–H groups in total. The fraction of sp³-hybridized carbons (Fsp3) is 0.727. The third kappa shape index (κ3) is 2.42. The van der Waals surface area contributed by atoms with Gasteiger partial charge in [0.1, 0.15) is 0 Å². The lowest BCUT2D eigenvalue weighted by Crippen LogP contribution is -2.43. The summed E-state index contributed by atoms with van der Waals surface area (Å²) in [7, 11) is 0. The molecule has 4 rings (SSSR count). The van der Waals surface area contributed by atoms with Crippen molar-refractivity contribution >= 4 is 0 Å². The van der Waals surface area contributed by atoms with Crippen LogP contribution in [0.1, 0.15) is 71.6 Å². The van der Waals surface area contributed by atoms with E-state index < -0.39 is 0 Å². The van der Waals surface area contributed by atoms with E-state index in [9.17, 15) is 5.11 Å². The van der Waals surface area contributed by atoms with Crippen LogP contribution in [0.15, 0.2) is 22.8 Å². The van der Waals surface area contributed by atoms with Crippen LogP contribution >= 0.6 is 0 Å². The molecule has 0 aromatic heterocycles. The van der Waals surface area contributed by atoms with E-state index in [4.69, 9.17) is 0 Å². The minimum absolute atomic E-state index is 0.0665. The van der Waals surface area contributed by atoms with E-state index in [1.165, 1.54) is 37.7 Å². The number of aliphatic hydroxyl groups excluding tert-OH is 1. The van der Waals surface area contributed by atoms with E-state index in [1.807, 2.05) is 0 Å². The highest BCUT2D eigenvalue weighted by Gasteiger charge is 2.52. The molecule has 5 atom stereocenters. The molecule has 0 aliphatic heterocycles. The Morgan fingerprint density at radius 3 is 2.96 bits per heavy atom. The fourth-order valence-corrected chi connectivity index (χ4v) is 6.14. The molecule has 1 nitrogen and oxygen atoms in total. The Bertz CT molecular complexity index is 614. The zero-order valence-electron chi connectivity index (χ0n) is 14.7. The molecular weight excluding hydrogens is 280 g/mol. The Hall–Kier alpha value is -1.00. The van der Waals surface area contributed by atoms with Gasteiger partial charge in [-0.2, -0.15) is 0 Å². The summed E-state index contributed by atoms with van der Waals surface area (Å²) >= 11 is 0. The molecule has 0 radical (unpaired) electrons. The fourth-order valence-electron chi connectivity index (χ4n) is 6.14. The normalized spacial score (nSPS) is 42.1. The maximum atomic E-state index is 9.99. The molecule has 0 spiro atoms. The van der Waals surface area contributed by atoms with Crippen LogP contribution in [0.4, 0.5) is 0 Å². The van der Waals surface area contributed by atoms with Gasteiger partial charge < -0.3 is 5.11 Å². The van der Waals surface area contributed by atoms with E-state index >= 15 is 0 Å². The van der Waals surface area contributed by atoms with Gasteiger partial charge in [-0.05, 0) is 69.1 Å². The van der Waals surface area contributed by atoms with E-state index in [0.29, 0.717) is 5.41 Å². The Morgan fingerprint density at radius 1 is 1.26 bits per heavy atom. The average molecular weight is 310 g/mol. The maximum absolute atomic E-state index is 9.99. The standard InChI is InChI=1S/C22H30O/c1-3-4-5-16-7-11-21-20-9-6-15-14-17(23)8-10-18(15)19(20)12-13-22(16,21)2/h7,17,19-21,23H,3,6,8-14H2,1-2H3/t17?,19-,20-,21+,22-/m1/s1. The molecule has 0 aromatic carbocycles. The molecule has 1 unspecified atom stereocenters. The second kappa shape index (κ2) is 5.82. The monoisotopic (exact) mass is 310 g/mol. The highest BCUT2D eigenvalue weighted by Crippen LogP contribution is 2.61. The zero-order chi connectivity index (χ0) is 16.0. The first-order chi connectivity index (χ1) is 11.1. The number of allylic oxidation sites excluding steroid dienone is 3. The number of rotatable bonds is 0. The molecule has 124 valence electrons. The Kier molecular flexibility index (Phi) is 3.93. The second-order valence-corrected chi connectivity index (χ2v) is 8.41. The van der Waals surface area contributed by atoms with Gasteiger partial charge in [0.05, 0.1) is 6.10 Å². The molecule has 4 aliphatic carbocycles. The average Bonchev–Trinajstić information content (AvgIpc) is 2.89. The molecule has 1 fully saturated rings. The minimum Gasteiger partial charge on any atom is -0.393 e. The van der Waals surface area contributed by atoms with Crippen molar-refractivity contribution in [3.05, 3.63) is 22.8 Å². The van der Waals surface area contributed by atoms with Gasteiger partial charge in [0.25, 0.3) is 0 Å². The van der Waals surface area contributed by atoms with E-state index in [-0.39, 0.29) is 6.10 Å². The summed E-state index contributed by atoms with van der Waals surface area (Å²) in [6.45, 7) is 4.64. The van der Waals surface area contributed by atoms with Gasteiger partial charge in [-0.25, -0.2) is 0 Å². The molecule has 0 amide bonds. The highest BCUT2D eigenvalue weighted by molar-refractivity contribution is 5.41. The molecule has 0 bridgehead atoms. The van der Waals surface area contributed by atoms with Gasteiger partial charge in [0.15, 0.2) is 0 Å². The second-order valence-electron chi connectivity index (χ2n) is 8.41. The van der Waals surface area contributed by atoms with E-state index in [1.54, 1.807) is 11.1 Å². The summed E-state index contributed by atoms with van der Waals surface area (Å²) in [5.41, 5.74) is 5.18. The topological polar surface area (TPSA) is 20.2 Å². The molecule has 0 heterocycles. The minimum atomic E-state index is -0.0665. The molecule has 1 heteroatoms. The van der Waals surface area contributed by atoms with Gasteiger partial charge >= 0.3 is 0 Å². The van der Waals surface area contributed by atoms with E-state index in [0.717, 1.165) is 43.4 Å². The van der Waals surface area contributed by atoms with Crippen LogP contribution in [0.25, 0.3) is 0 Å². The molecule has 1 saturated carbocycles. The largest absolute Gasteiger partial charge is 0.393 e. The van der Waals surface area contributed by atoms with Gasteiger partial charge in [-0.1, -0.05) is 42.9 Å². The van der Waals surface area contributed by atoms with Gasteiger partial charge in [-0.3, -0.25) is 0 Å². The summed E-state index contributed by atoms with van der Waals surface area (Å²) in [5.74, 6) is 9.30. The van der Waals surface area contributed by atoms with Crippen molar-refractivity contribution in [3.8, 4) is 11.8 Å². The Morgan fingerprint density at radius 2 is 2.13 bits per heavy atom. The van der Waals surface area contributed by atoms with Gasteiger partial charge in [0.2, 0.25) is 0 Å². The van der Waals surface area contributed by atoms with Crippen molar-refractivity contribution in [2.75, 3.05) is 0 Å². The quantitative estimate of drug-likeness (QED) is 0.492. The highest BCUT2D eigenvalue weighted by atomic mass is 16.3. The van der Waals surface area contributed by atoms with Gasteiger partial charge in [-0.15, -0.1) is 0 Å². The summed E-state index contributed by atoms with van der Waals surface area (Å²) in [6, 6.07) is 0.